The fourth-order valence-electron chi connectivity index (χ4n) is 4.10. The number of likely N-dealkylation sites (tertiary alicyclic amines) is 1. The first-order valence-corrected chi connectivity index (χ1v) is 10.1. The molecule has 4 rings (SSSR count). The molecule has 0 radical (unpaired) electrons. The number of carbonyl (C=O) groups is 1. The number of amides is 2. The van der Waals surface area contributed by atoms with Crippen molar-refractivity contribution in [2.75, 3.05) is 19.0 Å². The summed E-state index contributed by atoms with van der Waals surface area (Å²) in [7, 11) is 3.53. The molecule has 0 spiro atoms. The molecule has 7 nitrogen and oxygen atoms in total. The van der Waals surface area contributed by atoms with E-state index in [1.165, 1.54) is 0 Å². The first kappa shape index (κ1) is 19.2. The van der Waals surface area contributed by atoms with Crippen LogP contribution in [-0.4, -0.2) is 39.4 Å². The Hall–Kier alpha value is -3.09. The standard InChI is InChI=1S/C22H27N5O2/c1-15-19-13-17(14-23-21(19)26(2)25-15)24-22(28)27-12-6-4-5-7-20(27)16-8-10-18(29-3)11-9-16/h8-11,13-14,20H,4-7,12H2,1-3H3,(H,24,28). The number of carbonyl (C=O) groups excluding carboxylic acids is 1. The fraction of sp³-hybridized carbons (Fsp3) is 0.409. The number of hydrogen-bond donors (Lipinski definition) is 1. The predicted molar refractivity (Wildman–Crippen MR) is 113 cm³/mol. The minimum Gasteiger partial charge on any atom is -0.497 e. The number of hydrogen-bond acceptors (Lipinski definition) is 4. The van der Waals surface area contributed by atoms with Crippen LogP contribution in [0, 0.1) is 6.92 Å². The number of rotatable bonds is 3. The molecule has 0 aliphatic carbocycles. The minimum absolute atomic E-state index is 0.0558. The zero-order valence-corrected chi connectivity index (χ0v) is 17.2. The van der Waals surface area contributed by atoms with Crippen LogP contribution in [0.1, 0.15) is 43.0 Å². The van der Waals surface area contributed by atoms with Gasteiger partial charge in [-0.15, -0.1) is 0 Å². The molecule has 152 valence electrons. The van der Waals surface area contributed by atoms with Crippen molar-refractivity contribution in [2.45, 2.75) is 38.6 Å². The van der Waals surface area contributed by atoms with E-state index in [0.29, 0.717) is 5.69 Å². The minimum atomic E-state index is -0.0876. The maximum Gasteiger partial charge on any atom is 0.322 e. The van der Waals surface area contributed by atoms with Crippen LogP contribution in [0.3, 0.4) is 0 Å². The van der Waals surface area contributed by atoms with E-state index in [9.17, 15) is 4.79 Å². The second-order valence-electron chi connectivity index (χ2n) is 7.57. The third kappa shape index (κ3) is 3.90. The summed E-state index contributed by atoms with van der Waals surface area (Å²) in [5.74, 6) is 0.824. The van der Waals surface area contributed by atoms with Crippen molar-refractivity contribution in [1.29, 1.82) is 0 Å². The molecule has 1 aliphatic heterocycles. The molecule has 1 saturated heterocycles. The topological polar surface area (TPSA) is 72.3 Å². The highest BCUT2D eigenvalue weighted by Crippen LogP contribution is 2.32. The molecule has 1 aliphatic rings. The molecule has 29 heavy (non-hydrogen) atoms. The lowest BCUT2D eigenvalue weighted by Crippen LogP contribution is -2.38. The van der Waals surface area contributed by atoms with Gasteiger partial charge in [0, 0.05) is 19.0 Å². The largest absolute Gasteiger partial charge is 0.497 e. The summed E-state index contributed by atoms with van der Waals surface area (Å²) in [6.45, 7) is 2.69. The third-order valence-electron chi connectivity index (χ3n) is 5.63. The molecule has 2 amide bonds. The van der Waals surface area contributed by atoms with Crippen LogP contribution in [-0.2, 0) is 7.05 Å². The van der Waals surface area contributed by atoms with Crippen molar-refractivity contribution in [1.82, 2.24) is 19.7 Å². The lowest BCUT2D eigenvalue weighted by molar-refractivity contribution is 0.189. The Balaban J connectivity index is 1.58. The van der Waals surface area contributed by atoms with Crippen LogP contribution in [0.2, 0.25) is 0 Å². The van der Waals surface area contributed by atoms with Crippen molar-refractivity contribution in [3.63, 3.8) is 0 Å². The molecular formula is C22H27N5O2. The van der Waals surface area contributed by atoms with Crippen LogP contribution in [0.4, 0.5) is 10.5 Å². The monoisotopic (exact) mass is 393 g/mol. The Morgan fingerprint density at radius 3 is 2.76 bits per heavy atom. The number of ether oxygens (including phenoxy) is 1. The van der Waals surface area contributed by atoms with E-state index in [2.05, 4.69) is 27.5 Å². The van der Waals surface area contributed by atoms with Crippen molar-refractivity contribution in [3.05, 3.63) is 47.8 Å². The van der Waals surface area contributed by atoms with E-state index < -0.39 is 0 Å². The first-order chi connectivity index (χ1) is 14.1. The molecule has 1 aromatic carbocycles. The van der Waals surface area contributed by atoms with Crippen LogP contribution < -0.4 is 10.1 Å². The van der Waals surface area contributed by atoms with Crippen molar-refractivity contribution >= 4 is 22.8 Å². The van der Waals surface area contributed by atoms with Crippen molar-refractivity contribution in [3.8, 4) is 5.75 Å². The van der Waals surface area contributed by atoms with E-state index in [4.69, 9.17) is 4.74 Å². The molecule has 0 bridgehead atoms. The summed E-state index contributed by atoms with van der Waals surface area (Å²) >= 11 is 0. The molecule has 1 N–H and O–H groups in total. The number of aryl methyl sites for hydroxylation is 2. The molecular weight excluding hydrogens is 366 g/mol. The Bertz CT molecular complexity index is 1010. The fourth-order valence-corrected chi connectivity index (χ4v) is 4.10. The van der Waals surface area contributed by atoms with Gasteiger partial charge in [-0.2, -0.15) is 5.10 Å². The third-order valence-corrected chi connectivity index (χ3v) is 5.63. The smallest absolute Gasteiger partial charge is 0.322 e. The number of nitrogens with one attached hydrogen (secondary N) is 1. The van der Waals surface area contributed by atoms with E-state index in [1.807, 2.05) is 37.1 Å². The van der Waals surface area contributed by atoms with Gasteiger partial charge in [0.15, 0.2) is 5.65 Å². The Labute approximate surface area is 170 Å². The number of benzene rings is 1. The van der Waals surface area contributed by atoms with E-state index in [-0.39, 0.29) is 12.1 Å². The summed E-state index contributed by atoms with van der Waals surface area (Å²) in [6, 6.07) is 9.95. The zero-order chi connectivity index (χ0) is 20.4. The summed E-state index contributed by atoms with van der Waals surface area (Å²) in [6.07, 6.45) is 5.92. The van der Waals surface area contributed by atoms with Crippen LogP contribution in [0.15, 0.2) is 36.5 Å². The van der Waals surface area contributed by atoms with Gasteiger partial charge in [-0.3, -0.25) is 4.68 Å². The Kier molecular flexibility index (Phi) is 5.38. The molecule has 0 saturated carbocycles. The van der Waals surface area contributed by atoms with Gasteiger partial charge in [0.2, 0.25) is 0 Å². The first-order valence-electron chi connectivity index (χ1n) is 10.1. The van der Waals surface area contributed by atoms with Gasteiger partial charge in [0.1, 0.15) is 5.75 Å². The Morgan fingerprint density at radius 2 is 2.00 bits per heavy atom. The molecule has 3 aromatic rings. The summed E-state index contributed by atoms with van der Waals surface area (Å²) < 4.78 is 7.03. The molecule has 1 unspecified atom stereocenters. The maximum atomic E-state index is 13.2. The number of pyridine rings is 1. The molecule has 3 heterocycles. The summed E-state index contributed by atoms with van der Waals surface area (Å²) in [5, 5.41) is 8.40. The Morgan fingerprint density at radius 1 is 1.21 bits per heavy atom. The zero-order valence-electron chi connectivity index (χ0n) is 17.2. The van der Waals surface area contributed by atoms with Crippen molar-refractivity contribution < 1.29 is 9.53 Å². The quantitative estimate of drug-likeness (QED) is 0.714. The van der Waals surface area contributed by atoms with Crippen molar-refractivity contribution in [2.24, 2.45) is 7.05 Å². The molecule has 1 fully saturated rings. The lowest BCUT2D eigenvalue weighted by atomic mass is 10.0. The lowest BCUT2D eigenvalue weighted by Gasteiger charge is -2.30. The normalized spacial score (nSPS) is 17.2. The highest BCUT2D eigenvalue weighted by Gasteiger charge is 2.27. The maximum absolute atomic E-state index is 13.2. The molecule has 1 atom stereocenters. The summed E-state index contributed by atoms with van der Waals surface area (Å²) in [4.78, 5) is 19.6. The van der Waals surface area contributed by atoms with Gasteiger partial charge in [-0.1, -0.05) is 25.0 Å². The van der Waals surface area contributed by atoms with Crippen LogP contribution in [0.5, 0.6) is 5.75 Å². The second kappa shape index (κ2) is 8.11. The van der Waals surface area contributed by atoms with Crippen LogP contribution in [0.25, 0.3) is 11.0 Å². The van der Waals surface area contributed by atoms with Gasteiger partial charge in [0.05, 0.1) is 30.7 Å². The SMILES string of the molecule is COc1ccc(C2CCCCCN2C(=O)Nc2cnc3c(c2)c(C)nn3C)cc1. The summed E-state index contributed by atoms with van der Waals surface area (Å²) in [5.41, 5.74) is 3.54. The number of aromatic nitrogens is 3. The van der Waals surface area contributed by atoms with E-state index in [0.717, 1.165) is 60.3 Å². The number of nitrogens with zero attached hydrogens (tertiary/aromatic N) is 4. The highest BCUT2D eigenvalue weighted by atomic mass is 16.5. The second-order valence-corrected chi connectivity index (χ2v) is 7.57. The van der Waals surface area contributed by atoms with Crippen LogP contribution >= 0.6 is 0 Å². The molecule has 7 heteroatoms. The van der Waals surface area contributed by atoms with Gasteiger partial charge in [-0.25, -0.2) is 9.78 Å². The number of urea groups is 1. The number of anilines is 1. The van der Waals surface area contributed by atoms with Gasteiger partial charge in [-0.05, 0) is 43.5 Å². The molecule has 2 aromatic heterocycles. The average Bonchev–Trinajstić information content (AvgIpc) is 2.90. The van der Waals surface area contributed by atoms with Gasteiger partial charge in [0.25, 0.3) is 0 Å². The van der Waals surface area contributed by atoms with E-state index in [1.54, 1.807) is 18.0 Å². The van der Waals surface area contributed by atoms with E-state index >= 15 is 0 Å². The predicted octanol–water partition coefficient (Wildman–Crippen LogP) is 4.43. The average molecular weight is 393 g/mol. The number of methoxy groups -OCH3 is 1. The van der Waals surface area contributed by atoms with Gasteiger partial charge < -0.3 is 15.0 Å². The van der Waals surface area contributed by atoms with Gasteiger partial charge >= 0.3 is 6.03 Å². The highest BCUT2D eigenvalue weighted by molar-refractivity contribution is 5.92. The number of fused-ring (bicyclic) bond motifs is 1.